The fraction of sp³-hybridized carbons (Fsp3) is 0.0588. The van der Waals surface area contributed by atoms with Crippen molar-refractivity contribution in [2.45, 2.75) is 6.54 Å². The Kier molecular flexibility index (Phi) is 3.99. The van der Waals surface area contributed by atoms with Crippen molar-refractivity contribution in [3.8, 4) is 11.4 Å². The van der Waals surface area contributed by atoms with Gasteiger partial charge in [0.05, 0.1) is 22.3 Å². The molecule has 2 aromatic carbocycles. The second kappa shape index (κ2) is 6.31. The molecule has 0 aliphatic rings. The minimum atomic E-state index is -0.231. The fourth-order valence-corrected chi connectivity index (χ4v) is 2.85. The van der Waals surface area contributed by atoms with Crippen molar-refractivity contribution >= 4 is 34.1 Å². The molecule has 124 valence electrons. The molecule has 0 fully saturated rings. The number of halogens is 2. The van der Waals surface area contributed by atoms with Gasteiger partial charge in [0.1, 0.15) is 6.54 Å². The molecule has 0 saturated heterocycles. The van der Waals surface area contributed by atoms with E-state index in [0.717, 1.165) is 0 Å². The third-order valence-electron chi connectivity index (χ3n) is 3.67. The number of rotatable bonds is 3. The van der Waals surface area contributed by atoms with Crippen LogP contribution in [0.5, 0.6) is 0 Å². The molecule has 0 amide bonds. The van der Waals surface area contributed by atoms with Crippen LogP contribution in [0.1, 0.15) is 5.89 Å². The summed E-state index contributed by atoms with van der Waals surface area (Å²) in [6.45, 7) is 0.103. The number of hydrogen-bond acceptors (Lipinski definition) is 5. The van der Waals surface area contributed by atoms with E-state index in [0.29, 0.717) is 32.3 Å². The highest BCUT2D eigenvalue weighted by Crippen LogP contribution is 2.25. The van der Waals surface area contributed by atoms with Crippen LogP contribution >= 0.6 is 23.2 Å². The summed E-state index contributed by atoms with van der Waals surface area (Å²) >= 11 is 12.1. The standard InChI is InChI=1S/C17H10Cl2N4O2/c18-10-5-6-14-12(7-10)17(24)23(9-20-14)8-15-21-16(22-25-15)11-3-1-2-4-13(11)19/h1-7,9H,8H2. The largest absolute Gasteiger partial charge is 0.337 e. The van der Waals surface area contributed by atoms with Crippen LogP contribution in [0.4, 0.5) is 0 Å². The molecule has 0 unspecified atom stereocenters. The van der Waals surface area contributed by atoms with Crippen LogP contribution in [0.15, 0.2) is 58.1 Å². The molecule has 0 radical (unpaired) electrons. The van der Waals surface area contributed by atoms with Crippen LogP contribution in [-0.2, 0) is 6.54 Å². The minimum Gasteiger partial charge on any atom is -0.337 e. The second-order valence-corrected chi connectivity index (χ2v) is 6.17. The van der Waals surface area contributed by atoms with Gasteiger partial charge in [-0.3, -0.25) is 9.36 Å². The summed E-state index contributed by atoms with van der Waals surface area (Å²) in [4.78, 5) is 21.1. The molecule has 0 spiro atoms. The van der Waals surface area contributed by atoms with E-state index in [1.54, 1.807) is 30.3 Å². The normalized spacial score (nSPS) is 11.1. The Morgan fingerprint density at radius 1 is 1.12 bits per heavy atom. The Morgan fingerprint density at radius 2 is 1.96 bits per heavy atom. The lowest BCUT2D eigenvalue weighted by molar-refractivity contribution is 0.369. The SMILES string of the molecule is O=c1c2cc(Cl)ccc2ncn1Cc1nc(-c2ccccc2Cl)no1. The summed E-state index contributed by atoms with van der Waals surface area (Å²) in [5, 5.41) is 5.35. The van der Waals surface area contributed by atoms with Gasteiger partial charge in [0.25, 0.3) is 5.56 Å². The molecule has 2 aromatic heterocycles. The third kappa shape index (κ3) is 3.01. The van der Waals surface area contributed by atoms with E-state index in [2.05, 4.69) is 15.1 Å². The maximum atomic E-state index is 12.6. The number of hydrogen-bond donors (Lipinski definition) is 0. The van der Waals surface area contributed by atoms with Gasteiger partial charge in [-0.15, -0.1) is 0 Å². The first-order valence-electron chi connectivity index (χ1n) is 7.34. The molecule has 0 aliphatic carbocycles. The van der Waals surface area contributed by atoms with Crippen LogP contribution in [0.2, 0.25) is 10.0 Å². The Hall–Kier alpha value is -2.70. The van der Waals surface area contributed by atoms with Crippen LogP contribution in [0, 0.1) is 0 Å². The van der Waals surface area contributed by atoms with E-state index in [-0.39, 0.29) is 18.0 Å². The Balaban J connectivity index is 1.70. The van der Waals surface area contributed by atoms with Crippen LogP contribution in [-0.4, -0.2) is 19.7 Å². The molecule has 4 rings (SSSR count). The van der Waals surface area contributed by atoms with Crippen molar-refractivity contribution in [1.82, 2.24) is 19.7 Å². The van der Waals surface area contributed by atoms with Gasteiger partial charge in [-0.05, 0) is 30.3 Å². The number of benzene rings is 2. The molecular formula is C17H10Cl2N4O2. The Morgan fingerprint density at radius 3 is 2.80 bits per heavy atom. The first-order valence-corrected chi connectivity index (χ1v) is 8.09. The minimum absolute atomic E-state index is 0.103. The number of nitrogens with zero attached hydrogens (tertiary/aromatic N) is 4. The molecule has 4 aromatic rings. The Labute approximate surface area is 151 Å². The molecule has 6 nitrogen and oxygen atoms in total. The Bertz CT molecular complexity index is 1140. The third-order valence-corrected chi connectivity index (χ3v) is 4.24. The van der Waals surface area contributed by atoms with Crippen molar-refractivity contribution < 1.29 is 4.52 Å². The van der Waals surface area contributed by atoms with Gasteiger partial charge in [-0.25, -0.2) is 4.98 Å². The highest BCUT2D eigenvalue weighted by molar-refractivity contribution is 6.33. The average molecular weight is 373 g/mol. The highest BCUT2D eigenvalue weighted by Gasteiger charge is 2.13. The zero-order valence-electron chi connectivity index (χ0n) is 12.7. The molecule has 2 heterocycles. The van der Waals surface area contributed by atoms with Crippen molar-refractivity contribution in [3.05, 3.63) is 75.1 Å². The quantitative estimate of drug-likeness (QED) is 0.546. The van der Waals surface area contributed by atoms with E-state index in [9.17, 15) is 4.79 Å². The molecule has 0 N–H and O–H groups in total. The van der Waals surface area contributed by atoms with Crippen molar-refractivity contribution in [3.63, 3.8) is 0 Å². The molecule has 0 bridgehead atoms. The van der Waals surface area contributed by atoms with Gasteiger partial charge in [0, 0.05) is 10.6 Å². The lowest BCUT2D eigenvalue weighted by Crippen LogP contribution is -2.21. The van der Waals surface area contributed by atoms with E-state index in [1.165, 1.54) is 10.9 Å². The summed E-state index contributed by atoms with van der Waals surface area (Å²) in [6.07, 6.45) is 1.44. The van der Waals surface area contributed by atoms with Crippen LogP contribution in [0.25, 0.3) is 22.3 Å². The summed E-state index contributed by atoms with van der Waals surface area (Å²) in [5.74, 6) is 0.644. The van der Waals surface area contributed by atoms with Gasteiger partial charge < -0.3 is 4.52 Å². The van der Waals surface area contributed by atoms with E-state index < -0.39 is 0 Å². The fourth-order valence-electron chi connectivity index (χ4n) is 2.46. The van der Waals surface area contributed by atoms with Gasteiger partial charge in [-0.1, -0.05) is 40.5 Å². The maximum Gasteiger partial charge on any atom is 0.261 e. The smallest absolute Gasteiger partial charge is 0.261 e. The van der Waals surface area contributed by atoms with Crippen molar-refractivity contribution in [2.24, 2.45) is 0 Å². The summed E-state index contributed by atoms with van der Waals surface area (Å²) in [7, 11) is 0. The molecular weight excluding hydrogens is 363 g/mol. The molecule has 25 heavy (non-hydrogen) atoms. The summed E-state index contributed by atoms with van der Waals surface area (Å²) < 4.78 is 6.63. The lowest BCUT2D eigenvalue weighted by atomic mass is 10.2. The number of fused-ring (bicyclic) bond motifs is 1. The van der Waals surface area contributed by atoms with Crippen LogP contribution in [0.3, 0.4) is 0 Å². The molecule has 0 saturated carbocycles. The van der Waals surface area contributed by atoms with Gasteiger partial charge in [0.15, 0.2) is 0 Å². The lowest BCUT2D eigenvalue weighted by Gasteiger charge is -2.03. The summed E-state index contributed by atoms with van der Waals surface area (Å²) in [6, 6.07) is 12.2. The second-order valence-electron chi connectivity index (χ2n) is 5.33. The first kappa shape index (κ1) is 15.8. The van der Waals surface area contributed by atoms with Crippen molar-refractivity contribution in [1.29, 1.82) is 0 Å². The predicted octanol–water partition coefficient (Wildman–Crippen LogP) is 3.80. The first-order chi connectivity index (χ1) is 12.1. The van der Waals surface area contributed by atoms with Crippen LogP contribution < -0.4 is 5.56 Å². The predicted molar refractivity (Wildman–Crippen MR) is 94.9 cm³/mol. The molecule has 0 atom stereocenters. The van der Waals surface area contributed by atoms with Crippen molar-refractivity contribution in [2.75, 3.05) is 0 Å². The molecule has 8 heteroatoms. The zero-order chi connectivity index (χ0) is 17.4. The van der Waals surface area contributed by atoms with Gasteiger partial charge in [-0.2, -0.15) is 4.98 Å². The van der Waals surface area contributed by atoms with Gasteiger partial charge >= 0.3 is 0 Å². The summed E-state index contributed by atoms with van der Waals surface area (Å²) in [5.41, 5.74) is 1.01. The maximum absolute atomic E-state index is 12.6. The molecule has 0 aliphatic heterocycles. The van der Waals surface area contributed by atoms with Gasteiger partial charge in [0.2, 0.25) is 11.7 Å². The van der Waals surface area contributed by atoms with E-state index >= 15 is 0 Å². The topological polar surface area (TPSA) is 73.8 Å². The average Bonchev–Trinajstić information content (AvgIpc) is 3.07. The monoisotopic (exact) mass is 372 g/mol. The van der Waals surface area contributed by atoms with E-state index in [1.807, 2.05) is 12.1 Å². The highest BCUT2D eigenvalue weighted by atomic mass is 35.5. The van der Waals surface area contributed by atoms with E-state index in [4.69, 9.17) is 27.7 Å². The zero-order valence-corrected chi connectivity index (χ0v) is 14.2. The number of aromatic nitrogens is 4.